The van der Waals surface area contributed by atoms with Crippen LogP contribution in [0.4, 0.5) is 5.82 Å². The maximum atomic E-state index is 11.3. The molecule has 1 aromatic carbocycles. The molecule has 0 bridgehead atoms. The molecule has 0 N–H and O–H groups in total. The number of pyridine rings is 1. The summed E-state index contributed by atoms with van der Waals surface area (Å²) in [6.45, 7) is 1.66. The molecule has 1 aliphatic heterocycles. The first-order valence-electron chi connectivity index (χ1n) is 7.45. The molecular weight excluding hydrogens is 280 g/mol. The lowest BCUT2D eigenvalue weighted by molar-refractivity contribution is 0.164. The molecule has 2 heterocycles. The Morgan fingerprint density at radius 2 is 1.77 bits per heavy atom. The topological polar surface area (TPSA) is 54.5 Å². The fourth-order valence-corrected chi connectivity index (χ4v) is 2.68. The number of methoxy groups -OCH3 is 1. The average molecular weight is 299 g/mol. The fourth-order valence-electron chi connectivity index (χ4n) is 2.68. The Balaban J connectivity index is 1.60. The number of rotatable bonds is 4. The molecule has 2 aromatic rings. The largest absolute Gasteiger partial charge is 0.493 e. The van der Waals surface area contributed by atoms with Crippen LogP contribution in [0.25, 0.3) is 0 Å². The van der Waals surface area contributed by atoms with E-state index < -0.39 is 0 Å². The SMILES string of the molecule is COc1ccccc1OC1CCN(c2cccc([O])n2)CC1. The van der Waals surface area contributed by atoms with Crippen LogP contribution in [0.3, 0.4) is 0 Å². The molecule has 1 fully saturated rings. The summed E-state index contributed by atoms with van der Waals surface area (Å²) in [7, 11) is 1.65. The van der Waals surface area contributed by atoms with E-state index in [9.17, 15) is 5.11 Å². The van der Waals surface area contributed by atoms with E-state index in [1.165, 1.54) is 6.07 Å². The minimum absolute atomic E-state index is 0.156. The molecule has 0 unspecified atom stereocenters. The minimum atomic E-state index is -0.190. The van der Waals surface area contributed by atoms with Crippen molar-refractivity contribution in [2.45, 2.75) is 18.9 Å². The number of hydrogen-bond acceptors (Lipinski definition) is 4. The maximum absolute atomic E-state index is 11.3. The number of anilines is 1. The number of para-hydroxylation sites is 2. The van der Waals surface area contributed by atoms with Crippen LogP contribution >= 0.6 is 0 Å². The predicted molar refractivity (Wildman–Crippen MR) is 83.2 cm³/mol. The van der Waals surface area contributed by atoms with E-state index in [2.05, 4.69) is 9.88 Å². The highest BCUT2D eigenvalue weighted by molar-refractivity contribution is 5.41. The van der Waals surface area contributed by atoms with Crippen LogP contribution < -0.4 is 14.4 Å². The van der Waals surface area contributed by atoms with Gasteiger partial charge in [-0.3, -0.25) is 5.11 Å². The summed E-state index contributed by atoms with van der Waals surface area (Å²) >= 11 is 0. The highest BCUT2D eigenvalue weighted by atomic mass is 16.5. The predicted octanol–water partition coefficient (Wildman–Crippen LogP) is 3.28. The Hall–Kier alpha value is -2.43. The first-order valence-corrected chi connectivity index (χ1v) is 7.45. The van der Waals surface area contributed by atoms with E-state index in [0.29, 0.717) is 0 Å². The zero-order valence-corrected chi connectivity index (χ0v) is 12.6. The lowest BCUT2D eigenvalue weighted by Gasteiger charge is -2.33. The van der Waals surface area contributed by atoms with Crippen molar-refractivity contribution in [3.8, 4) is 17.4 Å². The molecule has 5 heteroatoms. The van der Waals surface area contributed by atoms with Crippen LogP contribution in [0, 0.1) is 0 Å². The van der Waals surface area contributed by atoms with Crippen molar-refractivity contribution in [3.05, 3.63) is 42.5 Å². The van der Waals surface area contributed by atoms with Gasteiger partial charge in [-0.25, -0.2) is 0 Å². The summed E-state index contributed by atoms with van der Waals surface area (Å²) < 4.78 is 11.4. The Kier molecular flexibility index (Phi) is 4.32. The monoisotopic (exact) mass is 299 g/mol. The van der Waals surface area contributed by atoms with Crippen LogP contribution in [-0.2, 0) is 5.11 Å². The molecule has 0 atom stereocenters. The maximum Gasteiger partial charge on any atom is 0.271 e. The zero-order chi connectivity index (χ0) is 15.4. The summed E-state index contributed by atoms with van der Waals surface area (Å²) in [5.41, 5.74) is 0. The second kappa shape index (κ2) is 6.56. The quantitative estimate of drug-likeness (QED) is 0.869. The van der Waals surface area contributed by atoms with Crippen LogP contribution in [0.1, 0.15) is 12.8 Å². The Morgan fingerprint density at radius 3 is 2.45 bits per heavy atom. The van der Waals surface area contributed by atoms with Crippen molar-refractivity contribution >= 4 is 5.82 Å². The molecule has 115 valence electrons. The number of ether oxygens (including phenoxy) is 2. The summed E-state index contributed by atoms with van der Waals surface area (Å²) in [6.07, 6.45) is 1.94. The third-order valence-electron chi connectivity index (χ3n) is 3.84. The fraction of sp³-hybridized carbons (Fsp3) is 0.353. The Labute approximate surface area is 130 Å². The number of aromatic nitrogens is 1. The van der Waals surface area contributed by atoms with Gasteiger partial charge in [-0.1, -0.05) is 18.2 Å². The van der Waals surface area contributed by atoms with Gasteiger partial charge in [0.05, 0.1) is 7.11 Å². The number of piperidine rings is 1. The van der Waals surface area contributed by atoms with Crippen molar-refractivity contribution in [1.29, 1.82) is 0 Å². The van der Waals surface area contributed by atoms with Gasteiger partial charge in [0, 0.05) is 32.0 Å². The smallest absolute Gasteiger partial charge is 0.271 e. The minimum Gasteiger partial charge on any atom is -0.493 e. The molecule has 1 aliphatic rings. The van der Waals surface area contributed by atoms with Crippen LogP contribution in [-0.4, -0.2) is 31.3 Å². The standard InChI is InChI=1S/C17H19N2O3/c1-21-14-5-2-3-6-15(14)22-13-9-11-19(12-10-13)16-7-4-8-17(20)18-16/h2-8,13H,9-12H2,1H3. The lowest BCUT2D eigenvalue weighted by Crippen LogP contribution is -2.38. The third-order valence-corrected chi connectivity index (χ3v) is 3.84. The van der Waals surface area contributed by atoms with E-state index in [1.54, 1.807) is 13.2 Å². The number of nitrogens with zero attached hydrogens (tertiary/aromatic N) is 2. The van der Waals surface area contributed by atoms with Crippen molar-refractivity contribution in [2.24, 2.45) is 0 Å². The molecule has 0 spiro atoms. The highest BCUT2D eigenvalue weighted by Gasteiger charge is 2.22. The number of benzene rings is 1. The van der Waals surface area contributed by atoms with Gasteiger partial charge in [0.1, 0.15) is 11.9 Å². The third kappa shape index (κ3) is 3.24. The van der Waals surface area contributed by atoms with Gasteiger partial charge >= 0.3 is 0 Å². The first kappa shape index (κ1) is 14.5. The summed E-state index contributed by atoms with van der Waals surface area (Å²) in [4.78, 5) is 6.17. The molecule has 5 nitrogen and oxygen atoms in total. The Bertz CT molecular complexity index is 625. The second-order valence-corrected chi connectivity index (χ2v) is 5.29. The summed E-state index contributed by atoms with van der Waals surface area (Å²) in [6, 6.07) is 12.8. The van der Waals surface area contributed by atoms with Crippen molar-refractivity contribution in [3.63, 3.8) is 0 Å². The van der Waals surface area contributed by atoms with Crippen molar-refractivity contribution < 1.29 is 14.6 Å². The first-order chi connectivity index (χ1) is 10.8. The van der Waals surface area contributed by atoms with Crippen LogP contribution in [0.15, 0.2) is 42.5 Å². The summed E-state index contributed by atoms with van der Waals surface area (Å²) in [5, 5.41) is 11.3. The van der Waals surface area contributed by atoms with E-state index in [-0.39, 0.29) is 12.0 Å². The molecule has 0 amide bonds. The molecule has 1 aromatic heterocycles. The molecule has 0 saturated carbocycles. The lowest BCUT2D eigenvalue weighted by atomic mass is 10.1. The van der Waals surface area contributed by atoms with E-state index in [4.69, 9.17) is 9.47 Å². The number of hydrogen-bond donors (Lipinski definition) is 0. The van der Waals surface area contributed by atoms with Gasteiger partial charge in [0.15, 0.2) is 11.5 Å². The van der Waals surface area contributed by atoms with Gasteiger partial charge < -0.3 is 14.4 Å². The molecule has 3 rings (SSSR count). The van der Waals surface area contributed by atoms with E-state index in [0.717, 1.165) is 43.2 Å². The van der Waals surface area contributed by atoms with Gasteiger partial charge in [-0.05, 0) is 18.2 Å². The van der Waals surface area contributed by atoms with Gasteiger partial charge in [0.2, 0.25) is 0 Å². The molecule has 0 aliphatic carbocycles. The van der Waals surface area contributed by atoms with Gasteiger partial charge in [0.25, 0.3) is 5.88 Å². The molecular formula is C17H19N2O3. The highest BCUT2D eigenvalue weighted by Crippen LogP contribution is 2.29. The second-order valence-electron chi connectivity index (χ2n) is 5.29. The Morgan fingerprint density at radius 1 is 1.05 bits per heavy atom. The van der Waals surface area contributed by atoms with E-state index in [1.807, 2.05) is 30.3 Å². The normalized spacial score (nSPS) is 15.6. The average Bonchev–Trinajstić information content (AvgIpc) is 2.56. The van der Waals surface area contributed by atoms with Crippen LogP contribution in [0.5, 0.6) is 17.4 Å². The molecule has 22 heavy (non-hydrogen) atoms. The van der Waals surface area contributed by atoms with Crippen molar-refractivity contribution in [1.82, 2.24) is 4.98 Å². The van der Waals surface area contributed by atoms with Crippen molar-refractivity contribution in [2.75, 3.05) is 25.1 Å². The van der Waals surface area contributed by atoms with Crippen LogP contribution in [0.2, 0.25) is 0 Å². The molecule has 1 radical (unpaired) electrons. The van der Waals surface area contributed by atoms with Gasteiger partial charge in [-0.15, -0.1) is 0 Å². The van der Waals surface area contributed by atoms with E-state index >= 15 is 0 Å². The molecule has 1 saturated heterocycles. The summed E-state index contributed by atoms with van der Waals surface area (Å²) in [5.74, 6) is 2.10. The zero-order valence-electron chi connectivity index (χ0n) is 12.6. The van der Waals surface area contributed by atoms with Gasteiger partial charge in [-0.2, -0.15) is 4.98 Å².